The smallest absolute Gasteiger partial charge is 0.309 e. The summed E-state index contributed by atoms with van der Waals surface area (Å²) in [5.74, 6) is 1.60. The number of hydrogen-bond donors (Lipinski definition) is 1. The van der Waals surface area contributed by atoms with E-state index in [1.807, 2.05) is 6.92 Å². The molecule has 1 N–H and O–H groups in total. The van der Waals surface area contributed by atoms with Crippen LogP contribution in [0.4, 0.5) is 0 Å². The van der Waals surface area contributed by atoms with Crippen molar-refractivity contribution in [2.24, 2.45) is 17.8 Å². The van der Waals surface area contributed by atoms with Crippen LogP contribution >= 0.6 is 0 Å². The van der Waals surface area contributed by atoms with Crippen LogP contribution in [0, 0.1) is 17.8 Å². The third-order valence-corrected chi connectivity index (χ3v) is 3.13. The number of ether oxygens (including phenoxy) is 1. The van der Waals surface area contributed by atoms with E-state index < -0.39 is 0 Å². The van der Waals surface area contributed by atoms with Crippen LogP contribution in [0.25, 0.3) is 0 Å². The Kier molecular flexibility index (Phi) is 2.54. The van der Waals surface area contributed by atoms with E-state index in [0.717, 1.165) is 25.4 Å². The van der Waals surface area contributed by atoms with Gasteiger partial charge in [-0.2, -0.15) is 0 Å². The van der Waals surface area contributed by atoms with E-state index in [-0.39, 0.29) is 11.9 Å². The van der Waals surface area contributed by atoms with Crippen LogP contribution in [0.5, 0.6) is 0 Å². The van der Waals surface area contributed by atoms with Crippen LogP contribution in [0.1, 0.15) is 19.8 Å². The van der Waals surface area contributed by atoms with Crippen molar-refractivity contribution in [2.75, 3.05) is 19.7 Å². The molecule has 0 aromatic rings. The third kappa shape index (κ3) is 1.85. The summed E-state index contributed by atoms with van der Waals surface area (Å²) >= 11 is 0. The van der Waals surface area contributed by atoms with Gasteiger partial charge in [-0.05, 0) is 44.7 Å². The molecule has 2 rings (SSSR count). The molecule has 1 aliphatic heterocycles. The number of esters is 1. The molecular formula is C10H17NO2. The quantitative estimate of drug-likeness (QED) is 0.658. The molecule has 13 heavy (non-hydrogen) atoms. The fourth-order valence-electron chi connectivity index (χ4n) is 2.30. The van der Waals surface area contributed by atoms with Crippen molar-refractivity contribution in [3.05, 3.63) is 0 Å². The summed E-state index contributed by atoms with van der Waals surface area (Å²) in [4.78, 5) is 11.3. The lowest BCUT2D eigenvalue weighted by molar-refractivity contribution is -0.145. The number of hydrogen-bond acceptors (Lipinski definition) is 3. The van der Waals surface area contributed by atoms with Gasteiger partial charge in [-0.3, -0.25) is 4.79 Å². The van der Waals surface area contributed by atoms with Crippen LogP contribution in [0.3, 0.4) is 0 Å². The zero-order valence-electron chi connectivity index (χ0n) is 8.08. The minimum absolute atomic E-state index is 0.0272. The Morgan fingerprint density at radius 1 is 1.62 bits per heavy atom. The first-order chi connectivity index (χ1) is 6.33. The average Bonchev–Trinajstić information content (AvgIpc) is 2.74. The molecule has 0 radical (unpaired) electrons. The molecule has 3 atom stereocenters. The second kappa shape index (κ2) is 3.66. The molecule has 3 heteroatoms. The van der Waals surface area contributed by atoms with Crippen LogP contribution in [-0.4, -0.2) is 25.7 Å². The van der Waals surface area contributed by atoms with Gasteiger partial charge >= 0.3 is 5.97 Å². The molecule has 2 aliphatic rings. The molecule has 0 aromatic carbocycles. The van der Waals surface area contributed by atoms with Gasteiger partial charge in [0.25, 0.3) is 0 Å². The first kappa shape index (κ1) is 9.00. The van der Waals surface area contributed by atoms with Gasteiger partial charge in [0.1, 0.15) is 0 Å². The first-order valence-corrected chi connectivity index (χ1v) is 5.20. The topological polar surface area (TPSA) is 38.3 Å². The molecule has 3 nitrogen and oxygen atoms in total. The summed E-state index contributed by atoms with van der Waals surface area (Å²) in [7, 11) is 0. The molecule has 74 valence electrons. The van der Waals surface area contributed by atoms with Crippen molar-refractivity contribution in [2.45, 2.75) is 19.8 Å². The van der Waals surface area contributed by atoms with Gasteiger partial charge in [0.15, 0.2) is 0 Å². The Balaban J connectivity index is 1.77. The minimum Gasteiger partial charge on any atom is -0.466 e. The highest BCUT2D eigenvalue weighted by Gasteiger charge is 2.48. The Hall–Kier alpha value is -0.570. The van der Waals surface area contributed by atoms with Crippen LogP contribution in [0.15, 0.2) is 0 Å². The number of nitrogens with one attached hydrogen (secondary N) is 1. The molecule has 1 heterocycles. The van der Waals surface area contributed by atoms with Crippen molar-refractivity contribution in [1.82, 2.24) is 5.32 Å². The van der Waals surface area contributed by atoms with Crippen molar-refractivity contribution in [3.8, 4) is 0 Å². The van der Waals surface area contributed by atoms with E-state index in [2.05, 4.69) is 5.32 Å². The number of carbonyl (C=O) groups is 1. The Bertz CT molecular complexity index is 199. The molecule has 2 fully saturated rings. The molecule has 1 aliphatic carbocycles. The zero-order chi connectivity index (χ0) is 9.26. The summed E-state index contributed by atoms with van der Waals surface area (Å²) in [5, 5.41) is 3.33. The van der Waals surface area contributed by atoms with E-state index >= 15 is 0 Å². The maximum Gasteiger partial charge on any atom is 0.309 e. The molecule has 1 unspecified atom stereocenters. The highest BCUT2D eigenvalue weighted by atomic mass is 16.5. The van der Waals surface area contributed by atoms with E-state index in [4.69, 9.17) is 4.74 Å². The lowest BCUT2D eigenvalue weighted by atomic mass is 10.0. The summed E-state index contributed by atoms with van der Waals surface area (Å²) < 4.78 is 5.00. The first-order valence-electron chi connectivity index (χ1n) is 5.20. The second-order valence-electron chi connectivity index (χ2n) is 4.01. The van der Waals surface area contributed by atoms with Crippen molar-refractivity contribution in [3.63, 3.8) is 0 Å². The normalized spacial score (nSPS) is 37.5. The highest BCUT2D eigenvalue weighted by molar-refractivity contribution is 5.75. The van der Waals surface area contributed by atoms with Gasteiger partial charge in [-0.1, -0.05) is 0 Å². The second-order valence-corrected chi connectivity index (χ2v) is 4.01. The molecule has 1 saturated carbocycles. The largest absolute Gasteiger partial charge is 0.466 e. The summed E-state index contributed by atoms with van der Waals surface area (Å²) in [6, 6.07) is 0. The molecule has 0 amide bonds. The van der Waals surface area contributed by atoms with Gasteiger partial charge in [-0.25, -0.2) is 0 Å². The van der Waals surface area contributed by atoms with Gasteiger partial charge in [0.05, 0.1) is 12.5 Å². The van der Waals surface area contributed by atoms with Crippen molar-refractivity contribution < 1.29 is 9.53 Å². The zero-order valence-corrected chi connectivity index (χ0v) is 8.08. The Morgan fingerprint density at radius 3 is 3.08 bits per heavy atom. The van der Waals surface area contributed by atoms with Crippen LogP contribution in [0.2, 0.25) is 0 Å². The van der Waals surface area contributed by atoms with E-state index in [0.29, 0.717) is 12.5 Å². The highest BCUT2D eigenvalue weighted by Crippen LogP contribution is 2.46. The summed E-state index contributed by atoms with van der Waals surface area (Å²) in [5.41, 5.74) is 0. The fraction of sp³-hybridized carbons (Fsp3) is 0.900. The molecule has 0 bridgehead atoms. The minimum atomic E-state index is 0.0272. The number of rotatable bonds is 3. The van der Waals surface area contributed by atoms with E-state index in [9.17, 15) is 4.79 Å². The Morgan fingerprint density at radius 2 is 2.46 bits per heavy atom. The van der Waals surface area contributed by atoms with Crippen LogP contribution < -0.4 is 5.32 Å². The van der Waals surface area contributed by atoms with E-state index in [1.54, 1.807) is 0 Å². The van der Waals surface area contributed by atoms with Gasteiger partial charge in [0, 0.05) is 0 Å². The number of carbonyl (C=O) groups excluding carboxylic acids is 1. The molecular weight excluding hydrogens is 166 g/mol. The van der Waals surface area contributed by atoms with Gasteiger partial charge < -0.3 is 10.1 Å². The van der Waals surface area contributed by atoms with Gasteiger partial charge in [0.2, 0.25) is 0 Å². The summed E-state index contributed by atoms with van der Waals surface area (Å²) in [6.07, 6.45) is 2.30. The van der Waals surface area contributed by atoms with Gasteiger partial charge in [-0.15, -0.1) is 0 Å². The lowest BCUT2D eigenvalue weighted by Crippen LogP contribution is -2.14. The Labute approximate surface area is 78.8 Å². The fourth-order valence-corrected chi connectivity index (χ4v) is 2.30. The van der Waals surface area contributed by atoms with Crippen molar-refractivity contribution in [1.29, 1.82) is 0 Å². The van der Waals surface area contributed by atoms with E-state index in [1.165, 1.54) is 6.42 Å². The average molecular weight is 183 g/mol. The monoisotopic (exact) mass is 183 g/mol. The third-order valence-electron chi connectivity index (χ3n) is 3.13. The molecule has 0 spiro atoms. The lowest BCUT2D eigenvalue weighted by Gasteiger charge is -2.06. The van der Waals surface area contributed by atoms with Crippen molar-refractivity contribution >= 4 is 5.97 Å². The maximum absolute atomic E-state index is 11.3. The maximum atomic E-state index is 11.3. The predicted octanol–water partition coefficient (Wildman–Crippen LogP) is 0.795. The SMILES string of the molecule is CCOC(=O)[C@@H]1C[C@H]1C1CCNC1. The molecule has 1 saturated heterocycles. The standard InChI is InChI=1S/C10H17NO2/c1-2-13-10(12)9-5-8(9)7-3-4-11-6-7/h7-9,11H,2-6H2,1H3/t7?,8-,9+/m0/s1. The molecule has 0 aromatic heterocycles. The summed E-state index contributed by atoms with van der Waals surface area (Å²) in [6.45, 7) is 4.61. The van der Waals surface area contributed by atoms with Crippen LogP contribution in [-0.2, 0) is 9.53 Å². The predicted molar refractivity (Wildman–Crippen MR) is 49.2 cm³/mol.